The van der Waals surface area contributed by atoms with Crippen molar-refractivity contribution in [2.75, 3.05) is 18.0 Å². The van der Waals surface area contributed by atoms with Gasteiger partial charge in [-0.2, -0.15) is 0 Å². The highest BCUT2D eigenvalue weighted by Crippen LogP contribution is 2.24. The summed E-state index contributed by atoms with van der Waals surface area (Å²) in [5.74, 6) is 0.318. The molecule has 0 radical (unpaired) electrons. The third-order valence-corrected chi connectivity index (χ3v) is 4.07. The zero-order valence-electron chi connectivity index (χ0n) is 12.9. The molecule has 20 heavy (non-hydrogen) atoms. The number of rotatable bonds is 4. The Morgan fingerprint density at radius 1 is 1.15 bits per heavy atom. The number of unbranched alkanes of at least 4 members (excludes halogenated alkanes) is 1. The summed E-state index contributed by atoms with van der Waals surface area (Å²) < 4.78 is 0. The molecule has 1 amide bonds. The Kier molecular flexibility index (Phi) is 5.05. The van der Waals surface area contributed by atoms with E-state index in [1.54, 1.807) is 0 Å². The number of benzene rings is 1. The minimum absolute atomic E-state index is 0.318. The van der Waals surface area contributed by atoms with Gasteiger partial charge in [0.2, 0.25) is 5.91 Å². The van der Waals surface area contributed by atoms with Crippen LogP contribution in [0.4, 0.5) is 5.69 Å². The van der Waals surface area contributed by atoms with Crippen LogP contribution in [-0.2, 0) is 4.79 Å². The van der Waals surface area contributed by atoms with Crippen LogP contribution in [0.2, 0.25) is 0 Å². The number of piperazine rings is 1. The van der Waals surface area contributed by atoms with Gasteiger partial charge in [0.05, 0.1) is 0 Å². The van der Waals surface area contributed by atoms with E-state index in [1.807, 2.05) is 11.0 Å². The number of hydrogen-bond donors (Lipinski definition) is 0. The molecule has 2 unspecified atom stereocenters. The smallest absolute Gasteiger partial charge is 0.222 e. The molecule has 1 aromatic rings. The lowest BCUT2D eigenvalue weighted by atomic mass is 10.1. The third-order valence-electron chi connectivity index (χ3n) is 4.07. The molecule has 0 saturated carbocycles. The van der Waals surface area contributed by atoms with Gasteiger partial charge in [-0.3, -0.25) is 4.79 Å². The summed E-state index contributed by atoms with van der Waals surface area (Å²) in [6.45, 7) is 8.22. The lowest BCUT2D eigenvalue weighted by Gasteiger charge is -2.46. The number of nitrogens with zero attached hydrogens (tertiary/aromatic N) is 2. The van der Waals surface area contributed by atoms with E-state index in [2.05, 4.69) is 49.9 Å². The van der Waals surface area contributed by atoms with Crippen LogP contribution in [0.5, 0.6) is 0 Å². The SMILES string of the molecule is CCCCC(=O)N1CC(C)N(c2ccccc2)C(C)C1. The molecular formula is C17H26N2O. The Balaban J connectivity index is 2.03. The van der Waals surface area contributed by atoms with Crippen molar-refractivity contribution in [3.8, 4) is 0 Å². The van der Waals surface area contributed by atoms with Crippen molar-refractivity contribution < 1.29 is 4.79 Å². The molecule has 1 aromatic carbocycles. The zero-order chi connectivity index (χ0) is 14.5. The maximum Gasteiger partial charge on any atom is 0.222 e. The van der Waals surface area contributed by atoms with Crippen molar-refractivity contribution in [1.82, 2.24) is 4.90 Å². The van der Waals surface area contributed by atoms with Gasteiger partial charge in [-0.25, -0.2) is 0 Å². The lowest BCUT2D eigenvalue weighted by Crippen LogP contribution is -2.58. The predicted molar refractivity (Wildman–Crippen MR) is 84.0 cm³/mol. The number of amides is 1. The minimum Gasteiger partial charge on any atom is -0.363 e. The first-order chi connectivity index (χ1) is 9.63. The molecule has 1 saturated heterocycles. The van der Waals surface area contributed by atoms with E-state index in [1.165, 1.54) is 5.69 Å². The molecule has 1 fully saturated rings. The molecule has 1 aliphatic rings. The maximum atomic E-state index is 12.2. The van der Waals surface area contributed by atoms with Gasteiger partial charge in [-0.1, -0.05) is 31.5 Å². The van der Waals surface area contributed by atoms with Crippen molar-refractivity contribution in [3.63, 3.8) is 0 Å². The van der Waals surface area contributed by atoms with E-state index in [9.17, 15) is 4.79 Å². The Morgan fingerprint density at radius 2 is 1.75 bits per heavy atom. The third kappa shape index (κ3) is 3.33. The summed E-state index contributed by atoms with van der Waals surface area (Å²) in [7, 11) is 0. The second kappa shape index (κ2) is 6.78. The fourth-order valence-corrected chi connectivity index (χ4v) is 3.12. The molecule has 0 N–H and O–H groups in total. The highest BCUT2D eigenvalue weighted by atomic mass is 16.2. The largest absolute Gasteiger partial charge is 0.363 e. The van der Waals surface area contributed by atoms with Crippen molar-refractivity contribution in [2.45, 2.75) is 52.1 Å². The van der Waals surface area contributed by atoms with Crippen LogP contribution in [-0.4, -0.2) is 36.0 Å². The highest BCUT2D eigenvalue weighted by molar-refractivity contribution is 5.76. The molecule has 0 aromatic heterocycles. The van der Waals surface area contributed by atoms with Crippen molar-refractivity contribution >= 4 is 11.6 Å². The van der Waals surface area contributed by atoms with E-state index in [0.717, 1.165) is 25.9 Å². The van der Waals surface area contributed by atoms with Gasteiger partial charge in [-0.15, -0.1) is 0 Å². The summed E-state index contributed by atoms with van der Waals surface area (Å²) >= 11 is 0. The second-order valence-corrected chi connectivity index (χ2v) is 5.84. The molecule has 3 heteroatoms. The van der Waals surface area contributed by atoms with Crippen LogP contribution in [0.1, 0.15) is 40.0 Å². The first-order valence-corrected chi connectivity index (χ1v) is 7.74. The fraction of sp³-hybridized carbons (Fsp3) is 0.588. The topological polar surface area (TPSA) is 23.6 Å². The molecule has 2 atom stereocenters. The van der Waals surface area contributed by atoms with Crippen molar-refractivity contribution in [1.29, 1.82) is 0 Å². The monoisotopic (exact) mass is 274 g/mol. The first kappa shape index (κ1) is 14.9. The van der Waals surface area contributed by atoms with Crippen LogP contribution < -0.4 is 4.90 Å². The van der Waals surface area contributed by atoms with E-state index >= 15 is 0 Å². The van der Waals surface area contributed by atoms with Gasteiger partial charge in [0, 0.05) is 37.3 Å². The lowest BCUT2D eigenvalue weighted by molar-refractivity contribution is -0.132. The van der Waals surface area contributed by atoms with Crippen LogP contribution in [0.15, 0.2) is 30.3 Å². The van der Waals surface area contributed by atoms with Gasteiger partial charge in [0.25, 0.3) is 0 Å². The van der Waals surface area contributed by atoms with E-state index in [4.69, 9.17) is 0 Å². The van der Waals surface area contributed by atoms with E-state index in [0.29, 0.717) is 24.4 Å². The average molecular weight is 274 g/mol. The number of para-hydroxylation sites is 1. The van der Waals surface area contributed by atoms with Gasteiger partial charge < -0.3 is 9.80 Å². The van der Waals surface area contributed by atoms with Crippen LogP contribution >= 0.6 is 0 Å². The van der Waals surface area contributed by atoms with Gasteiger partial charge in [0.1, 0.15) is 0 Å². The maximum absolute atomic E-state index is 12.2. The number of hydrogen-bond acceptors (Lipinski definition) is 2. The molecule has 1 heterocycles. The fourth-order valence-electron chi connectivity index (χ4n) is 3.12. The summed E-state index contributed by atoms with van der Waals surface area (Å²) in [5.41, 5.74) is 1.26. The van der Waals surface area contributed by atoms with E-state index in [-0.39, 0.29) is 0 Å². The van der Waals surface area contributed by atoms with Crippen LogP contribution in [0, 0.1) is 0 Å². The Bertz CT molecular complexity index is 420. The van der Waals surface area contributed by atoms with Crippen molar-refractivity contribution in [3.05, 3.63) is 30.3 Å². The standard InChI is InChI=1S/C17H26N2O/c1-4-5-11-17(20)18-12-14(2)19(15(3)13-18)16-9-7-6-8-10-16/h6-10,14-15H,4-5,11-13H2,1-3H3. The Morgan fingerprint density at radius 3 is 2.30 bits per heavy atom. The molecule has 3 nitrogen and oxygen atoms in total. The second-order valence-electron chi connectivity index (χ2n) is 5.84. The van der Waals surface area contributed by atoms with Gasteiger partial charge >= 0.3 is 0 Å². The summed E-state index contributed by atoms with van der Waals surface area (Å²) in [6, 6.07) is 11.2. The highest BCUT2D eigenvalue weighted by Gasteiger charge is 2.31. The quantitative estimate of drug-likeness (QED) is 0.841. The van der Waals surface area contributed by atoms with Crippen LogP contribution in [0.25, 0.3) is 0 Å². The summed E-state index contributed by atoms with van der Waals surface area (Å²) in [4.78, 5) is 16.7. The molecule has 0 bridgehead atoms. The molecule has 2 rings (SSSR count). The average Bonchev–Trinajstić information content (AvgIpc) is 2.45. The molecule has 110 valence electrons. The Labute approximate surface area is 122 Å². The van der Waals surface area contributed by atoms with Crippen LogP contribution in [0.3, 0.4) is 0 Å². The predicted octanol–water partition coefficient (Wildman–Crippen LogP) is 3.30. The molecule has 0 aliphatic carbocycles. The van der Waals surface area contributed by atoms with Gasteiger partial charge in [0.15, 0.2) is 0 Å². The number of carbonyl (C=O) groups excluding carboxylic acids is 1. The van der Waals surface area contributed by atoms with Gasteiger partial charge in [-0.05, 0) is 32.4 Å². The number of anilines is 1. The number of carbonyl (C=O) groups is 1. The summed E-state index contributed by atoms with van der Waals surface area (Å²) in [6.07, 6.45) is 2.78. The summed E-state index contributed by atoms with van der Waals surface area (Å²) in [5, 5.41) is 0. The zero-order valence-corrected chi connectivity index (χ0v) is 12.9. The Hall–Kier alpha value is -1.51. The molecule has 0 spiro atoms. The minimum atomic E-state index is 0.318. The van der Waals surface area contributed by atoms with Crippen molar-refractivity contribution in [2.24, 2.45) is 0 Å². The first-order valence-electron chi connectivity index (χ1n) is 7.74. The van der Waals surface area contributed by atoms with E-state index < -0.39 is 0 Å². The molecule has 1 aliphatic heterocycles. The normalized spacial score (nSPS) is 22.9. The molecular weight excluding hydrogens is 248 g/mol.